The van der Waals surface area contributed by atoms with Gasteiger partial charge in [-0.1, -0.05) is 13.0 Å². The molecule has 2 aliphatic heterocycles. The molecule has 1 aromatic heterocycles. The van der Waals surface area contributed by atoms with Crippen molar-refractivity contribution in [2.45, 2.75) is 31.1 Å². The van der Waals surface area contributed by atoms with Gasteiger partial charge in [0.15, 0.2) is 0 Å². The van der Waals surface area contributed by atoms with Crippen molar-refractivity contribution in [3.63, 3.8) is 0 Å². The second-order valence-electron chi connectivity index (χ2n) is 8.69. The van der Waals surface area contributed by atoms with E-state index in [-0.39, 0.29) is 11.5 Å². The molecule has 0 saturated carbocycles. The first-order valence-electron chi connectivity index (χ1n) is 11.0. The van der Waals surface area contributed by atoms with Crippen LogP contribution in [0, 0.1) is 11.8 Å². The number of methoxy groups -OCH3 is 3. The highest BCUT2D eigenvalue weighted by Crippen LogP contribution is 2.43. The fraction of sp³-hybridized carbons (Fsp3) is 0.522. The van der Waals surface area contributed by atoms with E-state index in [1.165, 1.54) is 20.5 Å². The molecule has 5 atom stereocenters. The molecular weight excluding hydrogens is 448 g/mol. The second kappa shape index (κ2) is 9.00. The SMILES string of the molecule is CC[C@@H]1C[NH+]2CCc3c([nH]c4cccc(OC)c34)C2[C@@H](S(=O)(=O)[O-])[C@@H]1/C(=C\OC)C(=O)OC. The first-order chi connectivity index (χ1) is 15.8. The third-order valence-electron chi connectivity index (χ3n) is 7.19. The zero-order chi connectivity index (χ0) is 23.9. The monoisotopic (exact) mass is 478 g/mol. The van der Waals surface area contributed by atoms with Crippen molar-refractivity contribution in [1.82, 2.24) is 4.98 Å². The molecule has 1 aromatic carbocycles. The molecule has 10 heteroatoms. The number of fused-ring (bicyclic) bond motifs is 5. The summed E-state index contributed by atoms with van der Waals surface area (Å²) in [4.78, 5) is 17.1. The van der Waals surface area contributed by atoms with Gasteiger partial charge in [-0.05, 0) is 24.1 Å². The van der Waals surface area contributed by atoms with E-state index in [0.717, 1.165) is 33.5 Å². The lowest BCUT2D eigenvalue weighted by Crippen LogP contribution is -3.16. The van der Waals surface area contributed by atoms with Gasteiger partial charge in [0.05, 0.1) is 51.9 Å². The number of nitrogens with one attached hydrogen (secondary N) is 2. The van der Waals surface area contributed by atoms with Gasteiger partial charge in [0.25, 0.3) is 0 Å². The van der Waals surface area contributed by atoms with Gasteiger partial charge in [-0.2, -0.15) is 0 Å². The third kappa shape index (κ3) is 3.89. The number of hydrogen-bond donors (Lipinski definition) is 2. The molecule has 4 rings (SSSR count). The molecule has 2 unspecified atom stereocenters. The molecule has 0 radical (unpaired) electrons. The molecule has 3 heterocycles. The maximum atomic E-state index is 12.9. The Hall–Kier alpha value is -2.56. The Bertz CT molecular complexity index is 1190. The fourth-order valence-corrected chi connectivity index (χ4v) is 7.28. The predicted octanol–water partition coefficient (Wildman–Crippen LogP) is 0.932. The summed E-state index contributed by atoms with van der Waals surface area (Å²) in [5.74, 6) is -1.04. The minimum atomic E-state index is -4.82. The van der Waals surface area contributed by atoms with E-state index in [4.69, 9.17) is 14.2 Å². The third-order valence-corrected chi connectivity index (χ3v) is 8.42. The fourth-order valence-electron chi connectivity index (χ4n) is 5.89. The van der Waals surface area contributed by atoms with E-state index in [1.54, 1.807) is 7.11 Å². The maximum Gasteiger partial charge on any atom is 0.337 e. The van der Waals surface area contributed by atoms with Gasteiger partial charge in [-0.25, -0.2) is 13.2 Å². The van der Waals surface area contributed by atoms with Gasteiger partial charge >= 0.3 is 5.97 Å². The number of hydrogen-bond acceptors (Lipinski definition) is 7. The van der Waals surface area contributed by atoms with Crippen LogP contribution in [0.2, 0.25) is 0 Å². The van der Waals surface area contributed by atoms with Crippen molar-refractivity contribution in [2.75, 3.05) is 34.4 Å². The lowest BCUT2D eigenvalue weighted by molar-refractivity contribution is -0.943. The number of quaternary nitrogens is 1. The van der Waals surface area contributed by atoms with Crippen LogP contribution >= 0.6 is 0 Å². The van der Waals surface area contributed by atoms with Gasteiger partial charge in [0.2, 0.25) is 0 Å². The Morgan fingerprint density at radius 1 is 1.30 bits per heavy atom. The molecule has 2 aliphatic rings. The van der Waals surface area contributed by atoms with Gasteiger partial charge in [0, 0.05) is 29.2 Å². The van der Waals surface area contributed by atoms with Crippen LogP contribution < -0.4 is 9.64 Å². The maximum absolute atomic E-state index is 12.9. The first-order valence-corrected chi connectivity index (χ1v) is 12.5. The summed E-state index contributed by atoms with van der Waals surface area (Å²) < 4.78 is 54.2. The highest BCUT2D eigenvalue weighted by molar-refractivity contribution is 7.86. The molecule has 2 N–H and O–H groups in total. The Morgan fingerprint density at radius 3 is 2.67 bits per heavy atom. The number of piperidine rings is 1. The highest BCUT2D eigenvalue weighted by Gasteiger charge is 2.55. The molecule has 0 spiro atoms. The van der Waals surface area contributed by atoms with Crippen LogP contribution in [0.1, 0.15) is 30.6 Å². The summed E-state index contributed by atoms with van der Waals surface area (Å²) in [7, 11) is -0.603. The van der Waals surface area contributed by atoms with E-state index < -0.39 is 33.3 Å². The Balaban J connectivity index is 1.95. The summed E-state index contributed by atoms with van der Waals surface area (Å²) in [5.41, 5.74) is 2.60. The van der Waals surface area contributed by atoms with Crippen LogP contribution in [0.5, 0.6) is 5.75 Å². The minimum Gasteiger partial charge on any atom is -0.748 e. The summed E-state index contributed by atoms with van der Waals surface area (Å²) in [5, 5.41) is -0.448. The summed E-state index contributed by atoms with van der Waals surface area (Å²) in [6, 6.07) is 5.00. The van der Waals surface area contributed by atoms with Gasteiger partial charge < -0.3 is 28.6 Å². The Labute approximate surface area is 193 Å². The van der Waals surface area contributed by atoms with Crippen LogP contribution in [-0.2, 0) is 30.8 Å². The number of aromatic nitrogens is 1. The number of aromatic amines is 1. The van der Waals surface area contributed by atoms with E-state index in [0.29, 0.717) is 25.3 Å². The largest absolute Gasteiger partial charge is 0.748 e. The first kappa shape index (κ1) is 23.6. The van der Waals surface area contributed by atoms with Crippen LogP contribution in [0.25, 0.3) is 10.9 Å². The molecular formula is C23H30N2O7S. The average molecular weight is 479 g/mol. The molecule has 0 aliphatic carbocycles. The number of esters is 1. The molecule has 1 saturated heterocycles. The molecule has 180 valence electrons. The Morgan fingerprint density at radius 2 is 2.06 bits per heavy atom. The zero-order valence-corrected chi connectivity index (χ0v) is 20.0. The minimum absolute atomic E-state index is 0.0798. The number of ether oxygens (including phenoxy) is 3. The molecule has 0 amide bonds. The van der Waals surface area contributed by atoms with Crippen molar-refractivity contribution >= 4 is 27.0 Å². The van der Waals surface area contributed by atoms with Gasteiger partial charge in [-0.15, -0.1) is 0 Å². The molecule has 2 aromatic rings. The number of carbonyl (C=O) groups is 1. The van der Waals surface area contributed by atoms with Crippen LogP contribution in [-0.4, -0.2) is 63.6 Å². The van der Waals surface area contributed by atoms with E-state index >= 15 is 0 Å². The van der Waals surface area contributed by atoms with Crippen molar-refractivity contribution in [1.29, 1.82) is 0 Å². The lowest BCUT2D eigenvalue weighted by atomic mass is 9.73. The molecule has 33 heavy (non-hydrogen) atoms. The van der Waals surface area contributed by atoms with Crippen molar-refractivity contribution in [2.24, 2.45) is 11.8 Å². The zero-order valence-electron chi connectivity index (χ0n) is 19.2. The van der Waals surface area contributed by atoms with Gasteiger partial charge in [-0.3, -0.25) is 0 Å². The molecule has 9 nitrogen and oxygen atoms in total. The van der Waals surface area contributed by atoms with E-state index in [2.05, 4.69) is 4.98 Å². The van der Waals surface area contributed by atoms with Gasteiger partial charge in [0.1, 0.15) is 27.2 Å². The topological polar surface area (TPSA) is 122 Å². The second-order valence-corrected chi connectivity index (χ2v) is 10.2. The average Bonchev–Trinajstić information content (AvgIpc) is 3.19. The number of H-pyrrole nitrogens is 1. The highest BCUT2D eigenvalue weighted by atomic mass is 32.2. The smallest absolute Gasteiger partial charge is 0.337 e. The molecule has 1 fully saturated rings. The Kier molecular flexibility index (Phi) is 6.43. The summed E-state index contributed by atoms with van der Waals surface area (Å²) in [6.45, 7) is 3.25. The van der Waals surface area contributed by atoms with Crippen molar-refractivity contribution in [3.05, 3.63) is 41.3 Å². The number of benzene rings is 1. The normalized spacial score (nSPS) is 27.5. The van der Waals surface area contributed by atoms with Crippen molar-refractivity contribution < 1.29 is 36.9 Å². The standard InChI is InChI=1S/C23H30N2O7S/c1-5-13-11-25-10-9-14-19-16(7-6-8-17(19)31-3)24-20(14)21(25)22(33(27,28)29)18(13)15(12-30-2)23(26)32-4/h6-8,12-13,18,21-22,24H,5,9-11H2,1-4H3,(H,27,28,29)/b15-12+/t13-,18+,21?,22+/m1/s1. The number of rotatable bonds is 6. The van der Waals surface area contributed by atoms with E-state index in [9.17, 15) is 17.8 Å². The van der Waals surface area contributed by atoms with Crippen LogP contribution in [0.3, 0.4) is 0 Å². The summed E-state index contributed by atoms with van der Waals surface area (Å²) >= 11 is 0. The summed E-state index contributed by atoms with van der Waals surface area (Å²) in [6.07, 6.45) is 2.56. The van der Waals surface area contributed by atoms with Crippen LogP contribution in [0.15, 0.2) is 30.0 Å². The lowest BCUT2D eigenvalue weighted by Gasteiger charge is -2.49. The van der Waals surface area contributed by atoms with Crippen molar-refractivity contribution in [3.8, 4) is 5.75 Å². The quantitative estimate of drug-likeness (QED) is 0.274. The van der Waals surface area contributed by atoms with E-state index in [1.807, 2.05) is 25.1 Å². The number of carbonyl (C=O) groups excluding carboxylic acids is 1. The molecule has 0 bridgehead atoms. The van der Waals surface area contributed by atoms with Crippen LogP contribution in [0.4, 0.5) is 0 Å². The predicted molar refractivity (Wildman–Crippen MR) is 120 cm³/mol.